The molecule has 0 heterocycles. The molecule has 21 heavy (non-hydrogen) atoms. The molecule has 0 aromatic heterocycles. The van der Waals surface area contributed by atoms with Gasteiger partial charge in [0.2, 0.25) is 3.79 Å². The Morgan fingerprint density at radius 1 is 0.714 bits per heavy atom. The number of phenols is 2. The summed E-state index contributed by atoms with van der Waals surface area (Å²) in [6.07, 6.45) is 0. The highest BCUT2D eigenvalue weighted by Crippen LogP contribution is 2.52. The monoisotopic (exact) mass is 364 g/mol. The molecule has 0 amide bonds. The van der Waals surface area contributed by atoms with Gasteiger partial charge < -0.3 is 10.2 Å². The van der Waals surface area contributed by atoms with Crippen LogP contribution in [0.15, 0.2) is 48.5 Å². The van der Waals surface area contributed by atoms with Gasteiger partial charge in [0, 0.05) is 5.88 Å². The van der Waals surface area contributed by atoms with Gasteiger partial charge >= 0.3 is 0 Å². The number of hydrogen-bond acceptors (Lipinski definition) is 2. The summed E-state index contributed by atoms with van der Waals surface area (Å²) in [7, 11) is 0. The standard InChI is InChI=1S/C15H12Cl4O2/c16-9-14(15(17,18)19,10-1-5-12(20)6-2-10)11-3-7-13(21)8-4-11/h1-8,20-21H,9H2. The van der Waals surface area contributed by atoms with Crippen LogP contribution in [-0.2, 0) is 5.41 Å². The van der Waals surface area contributed by atoms with Crippen molar-refractivity contribution < 1.29 is 10.2 Å². The molecule has 6 heteroatoms. The van der Waals surface area contributed by atoms with Crippen molar-refractivity contribution in [1.82, 2.24) is 0 Å². The third-order valence-corrected chi connectivity index (χ3v) is 4.77. The summed E-state index contributed by atoms with van der Waals surface area (Å²) >= 11 is 24.9. The topological polar surface area (TPSA) is 40.5 Å². The molecular weight excluding hydrogens is 354 g/mol. The molecule has 0 fully saturated rings. The van der Waals surface area contributed by atoms with Crippen LogP contribution in [0, 0.1) is 0 Å². The van der Waals surface area contributed by atoms with Crippen LogP contribution in [0.5, 0.6) is 11.5 Å². The molecule has 2 nitrogen and oxygen atoms in total. The van der Waals surface area contributed by atoms with E-state index in [2.05, 4.69) is 0 Å². The number of phenolic OH excluding ortho intramolecular Hbond substituents is 2. The molecule has 2 rings (SSSR count). The van der Waals surface area contributed by atoms with Crippen molar-refractivity contribution in [3.8, 4) is 11.5 Å². The van der Waals surface area contributed by atoms with Crippen LogP contribution in [0.4, 0.5) is 0 Å². The molecule has 0 spiro atoms. The molecule has 0 unspecified atom stereocenters. The van der Waals surface area contributed by atoms with E-state index in [4.69, 9.17) is 46.4 Å². The van der Waals surface area contributed by atoms with E-state index in [-0.39, 0.29) is 17.4 Å². The van der Waals surface area contributed by atoms with E-state index in [1.807, 2.05) is 0 Å². The van der Waals surface area contributed by atoms with Gasteiger partial charge in [0.15, 0.2) is 0 Å². The van der Waals surface area contributed by atoms with Crippen molar-refractivity contribution in [2.75, 3.05) is 5.88 Å². The van der Waals surface area contributed by atoms with Crippen LogP contribution < -0.4 is 0 Å². The number of benzene rings is 2. The van der Waals surface area contributed by atoms with E-state index in [9.17, 15) is 10.2 Å². The van der Waals surface area contributed by atoms with Gasteiger partial charge in [0.25, 0.3) is 0 Å². The molecule has 0 saturated heterocycles. The first-order valence-corrected chi connectivity index (χ1v) is 7.70. The largest absolute Gasteiger partial charge is 0.508 e. The van der Waals surface area contributed by atoms with Gasteiger partial charge in [-0.15, -0.1) is 11.6 Å². The Balaban J connectivity index is 2.69. The smallest absolute Gasteiger partial charge is 0.205 e. The Morgan fingerprint density at radius 3 is 1.29 bits per heavy atom. The lowest BCUT2D eigenvalue weighted by molar-refractivity contribution is 0.473. The Kier molecular flexibility index (Phi) is 4.84. The average molecular weight is 366 g/mol. The summed E-state index contributed by atoms with van der Waals surface area (Å²) in [5, 5.41) is 18.9. The maximum atomic E-state index is 9.44. The van der Waals surface area contributed by atoms with Crippen LogP contribution in [0.25, 0.3) is 0 Å². The van der Waals surface area contributed by atoms with Crippen LogP contribution in [-0.4, -0.2) is 19.9 Å². The van der Waals surface area contributed by atoms with Crippen molar-refractivity contribution in [2.45, 2.75) is 9.21 Å². The molecule has 2 aromatic rings. The Morgan fingerprint density at radius 2 is 1.05 bits per heavy atom. The highest BCUT2D eigenvalue weighted by molar-refractivity contribution is 6.69. The van der Waals surface area contributed by atoms with Gasteiger partial charge in [-0.1, -0.05) is 59.1 Å². The third kappa shape index (κ3) is 3.04. The minimum absolute atomic E-state index is 0.0129. The Labute approximate surface area is 142 Å². The summed E-state index contributed by atoms with van der Waals surface area (Å²) in [6.45, 7) is 0. The number of hydrogen-bond donors (Lipinski definition) is 2. The number of alkyl halides is 4. The predicted octanol–water partition coefficient (Wildman–Crippen LogP) is 4.99. The zero-order valence-corrected chi connectivity index (χ0v) is 13.8. The number of halogens is 4. The normalized spacial score (nSPS) is 12.4. The molecule has 0 aliphatic heterocycles. The lowest BCUT2D eigenvalue weighted by Crippen LogP contribution is -2.43. The van der Waals surface area contributed by atoms with Gasteiger partial charge in [0.05, 0.1) is 5.41 Å². The second-order valence-corrected chi connectivity index (χ2v) is 7.18. The van der Waals surface area contributed by atoms with E-state index < -0.39 is 9.21 Å². The SMILES string of the molecule is Oc1ccc(C(CCl)(c2ccc(O)cc2)C(Cl)(Cl)Cl)cc1. The van der Waals surface area contributed by atoms with E-state index in [1.54, 1.807) is 24.3 Å². The van der Waals surface area contributed by atoms with Crippen LogP contribution in [0.2, 0.25) is 0 Å². The molecule has 0 bridgehead atoms. The highest BCUT2D eigenvalue weighted by atomic mass is 35.6. The lowest BCUT2D eigenvalue weighted by atomic mass is 9.77. The number of aromatic hydroxyl groups is 2. The van der Waals surface area contributed by atoms with Crippen molar-refractivity contribution in [3.05, 3.63) is 59.7 Å². The maximum Gasteiger partial charge on any atom is 0.205 e. The van der Waals surface area contributed by atoms with E-state index >= 15 is 0 Å². The van der Waals surface area contributed by atoms with Gasteiger partial charge in [-0.2, -0.15) is 0 Å². The van der Waals surface area contributed by atoms with E-state index in [0.717, 1.165) is 0 Å². The van der Waals surface area contributed by atoms with Crippen LogP contribution in [0.3, 0.4) is 0 Å². The minimum atomic E-state index is -1.72. The first-order chi connectivity index (χ1) is 9.81. The zero-order chi connectivity index (χ0) is 15.7. The minimum Gasteiger partial charge on any atom is -0.508 e. The summed E-state index contributed by atoms with van der Waals surface area (Å²) in [5.74, 6) is 0.230. The van der Waals surface area contributed by atoms with Crippen LogP contribution >= 0.6 is 46.4 Å². The van der Waals surface area contributed by atoms with Crippen molar-refractivity contribution in [2.24, 2.45) is 0 Å². The molecule has 0 aliphatic rings. The molecule has 2 aromatic carbocycles. The molecule has 0 atom stereocenters. The van der Waals surface area contributed by atoms with Crippen molar-refractivity contribution in [3.63, 3.8) is 0 Å². The molecular formula is C15H12Cl4O2. The number of rotatable bonds is 3. The zero-order valence-electron chi connectivity index (χ0n) is 10.7. The Hall–Kier alpha value is -0.800. The fraction of sp³-hybridized carbons (Fsp3) is 0.200. The summed E-state index contributed by atoms with van der Waals surface area (Å²) in [4.78, 5) is 0. The summed E-state index contributed by atoms with van der Waals surface area (Å²) in [6, 6.07) is 12.7. The molecule has 0 radical (unpaired) electrons. The Bertz CT molecular complexity index is 558. The summed E-state index contributed by atoms with van der Waals surface area (Å²) in [5.41, 5.74) is 0.197. The maximum absolute atomic E-state index is 9.44. The highest BCUT2D eigenvalue weighted by Gasteiger charge is 2.50. The lowest BCUT2D eigenvalue weighted by Gasteiger charge is -2.39. The molecule has 112 valence electrons. The van der Waals surface area contributed by atoms with Gasteiger partial charge in [-0.3, -0.25) is 0 Å². The van der Waals surface area contributed by atoms with E-state index in [0.29, 0.717) is 11.1 Å². The molecule has 2 N–H and O–H groups in total. The summed E-state index contributed by atoms with van der Waals surface area (Å²) < 4.78 is -1.72. The second-order valence-electron chi connectivity index (χ2n) is 4.63. The van der Waals surface area contributed by atoms with Gasteiger partial charge in [-0.05, 0) is 35.4 Å². The van der Waals surface area contributed by atoms with Crippen molar-refractivity contribution >= 4 is 46.4 Å². The predicted molar refractivity (Wildman–Crippen MR) is 88.0 cm³/mol. The van der Waals surface area contributed by atoms with Gasteiger partial charge in [-0.25, -0.2) is 0 Å². The first-order valence-electron chi connectivity index (χ1n) is 6.03. The fourth-order valence-corrected chi connectivity index (χ4v) is 3.79. The average Bonchev–Trinajstić information content (AvgIpc) is 2.42. The fourth-order valence-electron chi connectivity index (χ4n) is 2.22. The first kappa shape index (κ1) is 16.6. The molecule has 0 aliphatic carbocycles. The van der Waals surface area contributed by atoms with Crippen LogP contribution in [0.1, 0.15) is 11.1 Å². The van der Waals surface area contributed by atoms with E-state index in [1.165, 1.54) is 24.3 Å². The molecule has 0 saturated carbocycles. The second kappa shape index (κ2) is 6.13. The van der Waals surface area contributed by atoms with Gasteiger partial charge in [0.1, 0.15) is 11.5 Å². The quantitative estimate of drug-likeness (QED) is 0.752. The third-order valence-electron chi connectivity index (χ3n) is 3.40. The van der Waals surface area contributed by atoms with Crippen molar-refractivity contribution in [1.29, 1.82) is 0 Å².